The van der Waals surface area contributed by atoms with Crippen LogP contribution in [-0.4, -0.2) is 26.0 Å². The summed E-state index contributed by atoms with van der Waals surface area (Å²) in [6.07, 6.45) is 5.73. The van der Waals surface area contributed by atoms with Crippen LogP contribution in [-0.2, 0) is 10.0 Å². The zero-order chi connectivity index (χ0) is 13.9. The van der Waals surface area contributed by atoms with Crippen molar-refractivity contribution in [3.8, 4) is 0 Å². The molecule has 1 aliphatic carbocycles. The fraction of sp³-hybridized carbons (Fsp3) is 0.538. The molecule has 0 amide bonds. The monoisotopic (exact) mass is 303 g/mol. The van der Waals surface area contributed by atoms with Crippen LogP contribution in [0.2, 0.25) is 0 Å². The summed E-state index contributed by atoms with van der Waals surface area (Å²) in [5, 5.41) is 0.620. The molecule has 1 aromatic carbocycles. The van der Waals surface area contributed by atoms with Gasteiger partial charge in [0.2, 0.25) is 10.0 Å². The van der Waals surface area contributed by atoms with Crippen LogP contribution in [0.25, 0.3) is 0 Å². The lowest BCUT2D eigenvalue weighted by molar-refractivity contribution is 0.419. The lowest BCUT2D eigenvalue weighted by Gasteiger charge is -2.27. The number of thioether (sulfide) groups is 1. The van der Waals surface area contributed by atoms with Crippen LogP contribution in [0.1, 0.15) is 25.7 Å². The fourth-order valence-corrected chi connectivity index (χ4v) is 4.49. The molecule has 1 fully saturated rings. The second-order valence-corrected chi connectivity index (χ2v) is 7.58. The van der Waals surface area contributed by atoms with Gasteiger partial charge in [0.1, 0.15) is 10.7 Å². The van der Waals surface area contributed by atoms with E-state index in [-0.39, 0.29) is 10.9 Å². The van der Waals surface area contributed by atoms with Crippen molar-refractivity contribution >= 4 is 21.8 Å². The summed E-state index contributed by atoms with van der Waals surface area (Å²) in [6, 6.07) is 5.40. The molecule has 0 spiro atoms. The normalized spacial score (nSPS) is 24.3. The van der Waals surface area contributed by atoms with Gasteiger partial charge in [-0.15, -0.1) is 0 Å². The quantitative estimate of drug-likeness (QED) is 0.930. The number of benzene rings is 1. The molecule has 106 valence electrons. The number of nitrogens with one attached hydrogen (secondary N) is 1. The molecule has 0 heterocycles. The lowest BCUT2D eigenvalue weighted by atomic mass is 9.96. The van der Waals surface area contributed by atoms with E-state index in [0.717, 1.165) is 25.7 Å². The Labute approximate surface area is 118 Å². The summed E-state index contributed by atoms with van der Waals surface area (Å²) in [5.74, 6) is -0.701. The zero-order valence-electron chi connectivity index (χ0n) is 10.8. The number of halogens is 1. The molecule has 0 bridgehead atoms. The van der Waals surface area contributed by atoms with Gasteiger partial charge >= 0.3 is 0 Å². The average Bonchev–Trinajstić information content (AvgIpc) is 2.39. The Balaban J connectivity index is 2.05. The second-order valence-electron chi connectivity index (χ2n) is 4.76. The molecule has 1 aromatic rings. The van der Waals surface area contributed by atoms with Crippen molar-refractivity contribution in [2.24, 2.45) is 0 Å². The summed E-state index contributed by atoms with van der Waals surface area (Å²) in [5.41, 5.74) is 0. The maximum atomic E-state index is 13.5. The smallest absolute Gasteiger partial charge is 0.208 e. The van der Waals surface area contributed by atoms with E-state index in [9.17, 15) is 12.8 Å². The summed E-state index contributed by atoms with van der Waals surface area (Å²) >= 11 is 1.83. The minimum Gasteiger partial charge on any atom is -0.208 e. The van der Waals surface area contributed by atoms with E-state index in [1.807, 2.05) is 11.8 Å². The van der Waals surface area contributed by atoms with Crippen LogP contribution < -0.4 is 4.72 Å². The van der Waals surface area contributed by atoms with Crippen LogP contribution >= 0.6 is 11.8 Å². The van der Waals surface area contributed by atoms with Gasteiger partial charge < -0.3 is 0 Å². The van der Waals surface area contributed by atoms with Crippen LogP contribution in [0.4, 0.5) is 4.39 Å². The van der Waals surface area contributed by atoms with E-state index >= 15 is 0 Å². The minimum absolute atomic E-state index is 0.0759. The van der Waals surface area contributed by atoms with Gasteiger partial charge in [0, 0.05) is 11.3 Å². The first-order valence-corrected chi connectivity index (χ1v) is 9.09. The van der Waals surface area contributed by atoms with E-state index in [1.54, 1.807) is 0 Å². The Morgan fingerprint density at radius 2 is 1.84 bits per heavy atom. The second kappa shape index (κ2) is 6.24. The molecular weight excluding hydrogens is 285 g/mol. The highest BCUT2D eigenvalue weighted by molar-refractivity contribution is 7.99. The molecular formula is C13H18FNO2S2. The lowest BCUT2D eigenvalue weighted by Crippen LogP contribution is -2.38. The summed E-state index contributed by atoms with van der Waals surface area (Å²) in [7, 11) is -3.75. The standard InChI is InChI=1S/C13H18FNO2S2/c1-18-11-8-6-10(7-9-11)15-19(16,17)13-5-3-2-4-12(13)14/h2-5,10-11,15H,6-9H2,1H3. The number of rotatable bonds is 4. The Morgan fingerprint density at radius 3 is 2.42 bits per heavy atom. The molecule has 3 nitrogen and oxygen atoms in total. The van der Waals surface area contributed by atoms with Gasteiger partial charge in [0.25, 0.3) is 0 Å². The van der Waals surface area contributed by atoms with Crippen LogP contribution in [0.5, 0.6) is 0 Å². The third-order valence-corrected chi connectivity index (χ3v) is 6.15. The zero-order valence-corrected chi connectivity index (χ0v) is 12.4. The van der Waals surface area contributed by atoms with Gasteiger partial charge in [0.05, 0.1) is 0 Å². The first-order chi connectivity index (χ1) is 9.03. The minimum atomic E-state index is -3.75. The molecule has 1 saturated carbocycles. The van der Waals surface area contributed by atoms with Crippen LogP contribution in [0, 0.1) is 5.82 Å². The fourth-order valence-electron chi connectivity index (χ4n) is 2.36. The van der Waals surface area contributed by atoms with E-state index in [0.29, 0.717) is 5.25 Å². The molecule has 0 aliphatic heterocycles. The van der Waals surface area contributed by atoms with Gasteiger partial charge in [-0.1, -0.05) is 12.1 Å². The van der Waals surface area contributed by atoms with Crippen molar-refractivity contribution in [3.63, 3.8) is 0 Å². The molecule has 1 N–H and O–H groups in total. The predicted molar refractivity (Wildman–Crippen MR) is 76.3 cm³/mol. The SMILES string of the molecule is CSC1CCC(NS(=O)(=O)c2ccccc2F)CC1. The maximum absolute atomic E-state index is 13.5. The predicted octanol–water partition coefficient (Wildman–Crippen LogP) is 2.78. The third-order valence-electron chi connectivity index (χ3n) is 3.46. The highest BCUT2D eigenvalue weighted by atomic mass is 32.2. The first-order valence-electron chi connectivity index (χ1n) is 6.32. The molecule has 0 atom stereocenters. The van der Waals surface area contributed by atoms with E-state index in [2.05, 4.69) is 11.0 Å². The van der Waals surface area contributed by atoms with Crippen molar-refractivity contribution in [2.45, 2.75) is 41.9 Å². The highest BCUT2D eigenvalue weighted by Crippen LogP contribution is 2.27. The summed E-state index contributed by atoms with van der Waals surface area (Å²) < 4.78 is 40.4. The molecule has 6 heteroatoms. The van der Waals surface area contributed by atoms with Crippen molar-refractivity contribution in [2.75, 3.05) is 6.26 Å². The van der Waals surface area contributed by atoms with Gasteiger partial charge in [-0.2, -0.15) is 11.8 Å². The Bertz CT molecular complexity index is 525. The molecule has 0 radical (unpaired) electrons. The van der Waals surface area contributed by atoms with Gasteiger partial charge in [-0.25, -0.2) is 17.5 Å². The largest absolute Gasteiger partial charge is 0.243 e. The third kappa shape index (κ3) is 3.70. The highest BCUT2D eigenvalue weighted by Gasteiger charge is 2.26. The van der Waals surface area contributed by atoms with Gasteiger partial charge in [-0.3, -0.25) is 0 Å². The Morgan fingerprint density at radius 1 is 1.21 bits per heavy atom. The first kappa shape index (κ1) is 14.8. The number of hydrogen-bond acceptors (Lipinski definition) is 3. The average molecular weight is 303 g/mol. The van der Waals surface area contributed by atoms with E-state index < -0.39 is 15.8 Å². The van der Waals surface area contributed by atoms with E-state index in [1.165, 1.54) is 24.3 Å². The van der Waals surface area contributed by atoms with Gasteiger partial charge in [0.15, 0.2) is 0 Å². The van der Waals surface area contributed by atoms with Crippen molar-refractivity contribution in [3.05, 3.63) is 30.1 Å². The molecule has 19 heavy (non-hydrogen) atoms. The molecule has 1 aliphatic rings. The topological polar surface area (TPSA) is 46.2 Å². The Hall–Kier alpha value is -0.590. The van der Waals surface area contributed by atoms with Crippen molar-refractivity contribution < 1.29 is 12.8 Å². The van der Waals surface area contributed by atoms with Crippen molar-refractivity contribution in [1.82, 2.24) is 4.72 Å². The molecule has 2 rings (SSSR count). The number of sulfonamides is 1. The van der Waals surface area contributed by atoms with Crippen molar-refractivity contribution in [1.29, 1.82) is 0 Å². The van der Waals surface area contributed by atoms with Crippen LogP contribution in [0.3, 0.4) is 0 Å². The summed E-state index contributed by atoms with van der Waals surface area (Å²) in [6.45, 7) is 0. The summed E-state index contributed by atoms with van der Waals surface area (Å²) in [4.78, 5) is -0.262. The van der Waals surface area contributed by atoms with Crippen LogP contribution in [0.15, 0.2) is 29.2 Å². The molecule has 0 unspecified atom stereocenters. The Kier molecular flexibility index (Phi) is 4.86. The molecule has 0 saturated heterocycles. The van der Waals surface area contributed by atoms with Gasteiger partial charge in [-0.05, 0) is 44.1 Å². The molecule has 0 aromatic heterocycles. The maximum Gasteiger partial charge on any atom is 0.243 e. The number of hydrogen-bond donors (Lipinski definition) is 1. The van der Waals surface area contributed by atoms with E-state index in [4.69, 9.17) is 0 Å².